The molecule has 7 heteroatoms. The van der Waals surface area contributed by atoms with E-state index in [1.165, 1.54) is 4.88 Å². The van der Waals surface area contributed by atoms with Crippen LogP contribution >= 0.6 is 22.9 Å². The molecular weight excluding hydrogens is 504 g/mol. The Morgan fingerprint density at radius 1 is 1.24 bits per heavy atom. The number of halogens is 1. The third-order valence-corrected chi connectivity index (χ3v) is 8.04. The number of carbonyl (C=O) groups is 1. The first kappa shape index (κ1) is 26.8. The molecule has 1 atom stereocenters. The first-order chi connectivity index (χ1) is 17.7. The van der Waals surface area contributed by atoms with E-state index in [1.54, 1.807) is 55.0 Å². The SMILES string of the molecule is C#CCOc1ccc(C=Nc2sc3c(c2C(=O)Nc2ccc(Cl)cc2)CC[C@@H](C(C)(C)C)C3)cc1OC. The zero-order valence-electron chi connectivity index (χ0n) is 21.6. The number of carbonyl (C=O) groups excluding carboxylic acids is 1. The molecule has 4 rings (SSSR count). The lowest BCUT2D eigenvalue weighted by Gasteiger charge is -2.33. The number of amides is 1. The summed E-state index contributed by atoms with van der Waals surface area (Å²) in [5.74, 6) is 3.99. The number of hydrogen-bond donors (Lipinski definition) is 1. The summed E-state index contributed by atoms with van der Waals surface area (Å²) in [6.45, 7) is 7.02. The number of thiophene rings is 1. The molecule has 0 bridgehead atoms. The van der Waals surface area contributed by atoms with Crippen molar-refractivity contribution in [1.29, 1.82) is 0 Å². The minimum Gasteiger partial charge on any atom is -0.493 e. The quantitative estimate of drug-likeness (QED) is 0.251. The summed E-state index contributed by atoms with van der Waals surface area (Å²) < 4.78 is 11.0. The van der Waals surface area contributed by atoms with Crippen LogP contribution in [0.1, 0.15) is 53.6 Å². The van der Waals surface area contributed by atoms with Crippen molar-refractivity contribution >= 4 is 45.7 Å². The summed E-state index contributed by atoms with van der Waals surface area (Å²) in [7, 11) is 1.58. The number of nitrogens with one attached hydrogen (secondary N) is 1. The molecule has 1 amide bonds. The highest BCUT2D eigenvalue weighted by Gasteiger charge is 2.33. The number of ether oxygens (including phenoxy) is 2. The van der Waals surface area contributed by atoms with Crippen LogP contribution in [0.4, 0.5) is 10.7 Å². The van der Waals surface area contributed by atoms with Crippen molar-refractivity contribution in [3.8, 4) is 23.8 Å². The Morgan fingerprint density at radius 3 is 2.68 bits per heavy atom. The molecule has 3 aromatic rings. The van der Waals surface area contributed by atoms with Gasteiger partial charge in [-0.25, -0.2) is 4.99 Å². The molecule has 5 nitrogen and oxygen atoms in total. The monoisotopic (exact) mass is 534 g/mol. The van der Waals surface area contributed by atoms with Crippen molar-refractivity contribution < 1.29 is 14.3 Å². The molecule has 1 heterocycles. The van der Waals surface area contributed by atoms with Gasteiger partial charge in [0.2, 0.25) is 0 Å². The normalized spacial score (nSPS) is 15.2. The number of methoxy groups -OCH3 is 1. The number of aliphatic imine (C=N–C) groups is 1. The summed E-state index contributed by atoms with van der Waals surface area (Å²) in [5, 5.41) is 4.36. The summed E-state index contributed by atoms with van der Waals surface area (Å²) in [5.41, 5.74) is 3.49. The third-order valence-electron chi connectivity index (χ3n) is 6.63. The molecule has 0 spiro atoms. The van der Waals surface area contributed by atoms with Crippen LogP contribution < -0.4 is 14.8 Å². The zero-order chi connectivity index (χ0) is 26.6. The predicted molar refractivity (Wildman–Crippen MR) is 153 cm³/mol. The van der Waals surface area contributed by atoms with E-state index in [0.717, 1.165) is 30.4 Å². The van der Waals surface area contributed by atoms with Crippen LogP contribution in [-0.4, -0.2) is 25.8 Å². The van der Waals surface area contributed by atoms with Gasteiger partial charge in [-0.3, -0.25) is 4.79 Å². The molecule has 37 heavy (non-hydrogen) atoms. The molecule has 2 aromatic carbocycles. The Balaban J connectivity index is 1.68. The van der Waals surface area contributed by atoms with Gasteiger partial charge in [-0.2, -0.15) is 0 Å². The fraction of sp³-hybridized carbons (Fsp3) is 0.333. The molecule has 0 unspecified atom stereocenters. The van der Waals surface area contributed by atoms with Gasteiger partial charge < -0.3 is 14.8 Å². The number of fused-ring (bicyclic) bond motifs is 1. The van der Waals surface area contributed by atoms with E-state index in [0.29, 0.717) is 38.7 Å². The highest BCUT2D eigenvalue weighted by molar-refractivity contribution is 7.16. The minimum absolute atomic E-state index is 0.156. The second-order valence-corrected chi connectivity index (χ2v) is 11.6. The van der Waals surface area contributed by atoms with Crippen LogP contribution in [0.5, 0.6) is 11.5 Å². The van der Waals surface area contributed by atoms with Gasteiger partial charge in [0.15, 0.2) is 11.5 Å². The average Bonchev–Trinajstić information content (AvgIpc) is 3.25. The van der Waals surface area contributed by atoms with Crippen LogP contribution in [0.2, 0.25) is 5.02 Å². The second-order valence-electron chi connectivity index (χ2n) is 10.1. The van der Waals surface area contributed by atoms with Crippen molar-refractivity contribution in [3.05, 3.63) is 69.1 Å². The topological polar surface area (TPSA) is 59.9 Å². The van der Waals surface area contributed by atoms with Gasteiger partial charge >= 0.3 is 0 Å². The first-order valence-electron chi connectivity index (χ1n) is 12.2. The molecule has 0 saturated carbocycles. The number of benzene rings is 2. The van der Waals surface area contributed by atoms with E-state index >= 15 is 0 Å². The Labute approximate surface area is 227 Å². The molecule has 0 fully saturated rings. The van der Waals surface area contributed by atoms with E-state index in [4.69, 9.17) is 32.5 Å². The van der Waals surface area contributed by atoms with Gasteiger partial charge in [0, 0.05) is 21.8 Å². The molecule has 0 aliphatic heterocycles. The van der Waals surface area contributed by atoms with Crippen LogP contribution in [0.15, 0.2) is 47.5 Å². The minimum atomic E-state index is -0.156. The summed E-state index contributed by atoms with van der Waals surface area (Å²) >= 11 is 7.63. The number of terminal acetylenes is 1. The molecule has 0 radical (unpaired) electrons. The average molecular weight is 535 g/mol. The van der Waals surface area contributed by atoms with Gasteiger partial charge in [0.05, 0.1) is 12.7 Å². The van der Waals surface area contributed by atoms with Crippen LogP contribution in [0.25, 0.3) is 0 Å². The summed E-state index contributed by atoms with van der Waals surface area (Å²) in [4.78, 5) is 19.6. The van der Waals surface area contributed by atoms with E-state index in [9.17, 15) is 4.79 Å². The van der Waals surface area contributed by atoms with E-state index in [1.807, 2.05) is 12.1 Å². The van der Waals surface area contributed by atoms with Gasteiger partial charge in [-0.1, -0.05) is 38.3 Å². The maximum atomic E-state index is 13.5. The van der Waals surface area contributed by atoms with Gasteiger partial charge in [-0.15, -0.1) is 17.8 Å². The fourth-order valence-corrected chi connectivity index (χ4v) is 5.89. The molecule has 1 aromatic heterocycles. The van der Waals surface area contributed by atoms with Crippen molar-refractivity contribution in [1.82, 2.24) is 0 Å². The van der Waals surface area contributed by atoms with Gasteiger partial charge in [0.25, 0.3) is 5.91 Å². The lowest BCUT2D eigenvalue weighted by molar-refractivity contribution is 0.102. The summed E-state index contributed by atoms with van der Waals surface area (Å²) in [6.07, 6.45) is 9.92. The fourth-order valence-electron chi connectivity index (χ4n) is 4.50. The Hall–Kier alpha value is -3.27. The van der Waals surface area contributed by atoms with Crippen molar-refractivity contribution in [3.63, 3.8) is 0 Å². The number of rotatable bonds is 7. The highest BCUT2D eigenvalue weighted by Crippen LogP contribution is 2.45. The maximum Gasteiger partial charge on any atom is 0.259 e. The smallest absolute Gasteiger partial charge is 0.259 e. The maximum absolute atomic E-state index is 13.5. The number of hydrogen-bond acceptors (Lipinski definition) is 5. The lowest BCUT2D eigenvalue weighted by atomic mass is 9.72. The Kier molecular flexibility index (Phi) is 8.26. The van der Waals surface area contributed by atoms with E-state index in [2.05, 4.69) is 32.0 Å². The van der Waals surface area contributed by atoms with Crippen LogP contribution in [-0.2, 0) is 12.8 Å². The second kappa shape index (κ2) is 11.4. The molecule has 1 aliphatic rings. The van der Waals surface area contributed by atoms with Crippen molar-refractivity contribution in [2.45, 2.75) is 40.0 Å². The third kappa shape index (κ3) is 6.36. The molecule has 0 saturated heterocycles. The Bertz CT molecular complexity index is 1350. The van der Waals surface area contributed by atoms with E-state index in [-0.39, 0.29) is 17.9 Å². The highest BCUT2D eigenvalue weighted by atomic mass is 35.5. The first-order valence-corrected chi connectivity index (χ1v) is 13.4. The standard InChI is InChI=1S/C30H31ClN2O3S/c1-6-15-36-24-14-7-19(16-25(24)35-5)18-32-29-27(28(34)33-22-11-9-21(31)10-12-22)23-13-8-20(30(2,3)4)17-26(23)37-29/h1,7,9-12,14,16,18,20H,8,13,15,17H2,2-5H3,(H,33,34)/t20-/m1/s1. The van der Waals surface area contributed by atoms with Crippen molar-refractivity contribution in [2.24, 2.45) is 16.3 Å². The van der Waals surface area contributed by atoms with Crippen LogP contribution in [0, 0.1) is 23.7 Å². The largest absolute Gasteiger partial charge is 0.493 e. The molecule has 1 N–H and O–H groups in total. The lowest BCUT2D eigenvalue weighted by Crippen LogP contribution is -2.27. The Morgan fingerprint density at radius 2 is 2.00 bits per heavy atom. The van der Waals surface area contributed by atoms with Crippen LogP contribution in [0.3, 0.4) is 0 Å². The molecule has 1 aliphatic carbocycles. The van der Waals surface area contributed by atoms with E-state index < -0.39 is 0 Å². The van der Waals surface area contributed by atoms with Gasteiger partial charge in [-0.05, 0) is 84.2 Å². The molecular formula is C30H31ClN2O3S. The summed E-state index contributed by atoms with van der Waals surface area (Å²) in [6, 6.07) is 12.6. The predicted octanol–water partition coefficient (Wildman–Crippen LogP) is 7.58. The zero-order valence-corrected chi connectivity index (χ0v) is 23.1. The van der Waals surface area contributed by atoms with Crippen molar-refractivity contribution in [2.75, 3.05) is 19.0 Å². The van der Waals surface area contributed by atoms with Gasteiger partial charge in [0.1, 0.15) is 11.6 Å². The number of nitrogens with zero attached hydrogens (tertiary/aromatic N) is 1. The molecule has 192 valence electrons. The number of anilines is 1.